The van der Waals surface area contributed by atoms with Gasteiger partial charge in [-0.2, -0.15) is 5.10 Å². The van der Waals surface area contributed by atoms with Gasteiger partial charge in [0.2, 0.25) is 5.91 Å². The highest BCUT2D eigenvalue weighted by Gasteiger charge is 2.25. The number of carbonyl (C=O) groups excluding carboxylic acids is 1. The summed E-state index contributed by atoms with van der Waals surface area (Å²) in [6.07, 6.45) is 4.90. The van der Waals surface area contributed by atoms with Gasteiger partial charge in [0.1, 0.15) is 5.82 Å². The van der Waals surface area contributed by atoms with Crippen molar-refractivity contribution in [2.24, 2.45) is 11.0 Å². The number of halogens is 2. The molecule has 2 heterocycles. The Balaban J connectivity index is 1.49. The Labute approximate surface area is 163 Å². The number of benzene rings is 1. The fourth-order valence-electron chi connectivity index (χ4n) is 3.13. The number of pyridine rings is 1. The zero-order valence-corrected chi connectivity index (χ0v) is 15.9. The van der Waals surface area contributed by atoms with Gasteiger partial charge in [-0.15, -0.1) is 0 Å². The van der Waals surface area contributed by atoms with Gasteiger partial charge in [0.05, 0.1) is 5.71 Å². The first-order valence-electron chi connectivity index (χ1n) is 8.94. The molecule has 5 nitrogen and oxygen atoms in total. The van der Waals surface area contributed by atoms with Crippen LogP contribution in [0.3, 0.4) is 0 Å². The van der Waals surface area contributed by atoms with Crippen LogP contribution in [-0.4, -0.2) is 34.6 Å². The van der Waals surface area contributed by atoms with Crippen LogP contribution in [0.25, 0.3) is 0 Å². The molecule has 2 aromatic rings. The molecule has 1 saturated heterocycles. The number of carbonyl (C=O) groups is 1. The van der Waals surface area contributed by atoms with Crippen LogP contribution in [0.1, 0.15) is 30.9 Å². The van der Waals surface area contributed by atoms with E-state index in [-0.39, 0.29) is 17.6 Å². The topological polar surface area (TPSA) is 57.6 Å². The maximum atomic E-state index is 13.1. The van der Waals surface area contributed by atoms with Gasteiger partial charge in [-0.3, -0.25) is 14.7 Å². The Morgan fingerprint density at radius 3 is 2.67 bits per heavy atom. The maximum Gasteiger partial charge on any atom is 0.243 e. The lowest BCUT2D eigenvalue weighted by Gasteiger charge is -2.31. The highest BCUT2D eigenvalue weighted by Crippen LogP contribution is 2.23. The number of hydrogen-bond donors (Lipinski definition) is 1. The van der Waals surface area contributed by atoms with E-state index in [1.165, 1.54) is 12.1 Å². The van der Waals surface area contributed by atoms with E-state index in [0.717, 1.165) is 42.8 Å². The SMILES string of the molecule is C/C(=N\NC(=O)C1CCN(Cc2ccc(F)cc2Cl)CC1)c1ccncc1. The summed E-state index contributed by atoms with van der Waals surface area (Å²) in [7, 11) is 0. The summed E-state index contributed by atoms with van der Waals surface area (Å²) in [5.41, 5.74) is 5.25. The lowest BCUT2D eigenvalue weighted by Crippen LogP contribution is -2.39. The molecule has 7 heteroatoms. The van der Waals surface area contributed by atoms with Gasteiger partial charge in [-0.25, -0.2) is 9.82 Å². The Bertz CT molecular complexity index is 820. The van der Waals surface area contributed by atoms with E-state index in [4.69, 9.17) is 11.6 Å². The average Bonchev–Trinajstić information content (AvgIpc) is 2.69. The number of nitrogens with one attached hydrogen (secondary N) is 1. The van der Waals surface area contributed by atoms with E-state index < -0.39 is 0 Å². The number of aromatic nitrogens is 1. The van der Waals surface area contributed by atoms with Gasteiger partial charge in [-0.1, -0.05) is 17.7 Å². The molecule has 1 aromatic carbocycles. The molecular weight excluding hydrogens is 367 g/mol. The maximum absolute atomic E-state index is 13.1. The molecule has 27 heavy (non-hydrogen) atoms. The predicted octanol–water partition coefficient (Wildman–Crippen LogP) is 3.63. The second-order valence-corrected chi connectivity index (χ2v) is 7.10. The molecule has 1 aromatic heterocycles. The number of rotatable bonds is 5. The number of amides is 1. The van der Waals surface area contributed by atoms with Crippen molar-refractivity contribution in [2.45, 2.75) is 26.3 Å². The van der Waals surface area contributed by atoms with Crippen molar-refractivity contribution in [1.29, 1.82) is 0 Å². The number of nitrogens with zero attached hydrogens (tertiary/aromatic N) is 3. The molecule has 0 atom stereocenters. The number of hydrazone groups is 1. The summed E-state index contributed by atoms with van der Waals surface area (Å²) in [5.74, 6) is -0.441. The van der Waals surface area contributed by atoms with Crippen molar-refractivity contribution >= 4 is 23.2 Å². The zero-order chi connectivity index (χ0) is 19.2. The molecule has 3 rings (SSSR count). The third-order valence-corrected chi connectivity index (χ3v) is 5.15. The molecule has 1 amide bonds. The quantitative estimate of drug-likeness (QED) is 0.628. The first kappa shape index (κ1) is 19.5. The standard InChI is InChI=1S/C20H22ClFN4O/c1-14(15-4-8-23-9-5-15)24-25-20(27)16-6-10-26(11-7-16)13-17-2-3-18(22)12-19(17)21/h2-5,8-9,12,16H,6-7,10-11,13H2,1H3,(H,25,27)/b24-14+. The average molecular weight is 389 g/mol. The van der Waals surface area contributed by atoms with Crippen LogP contribution in [0.2, 0.25) is 5.02 Å². The van der Waals surface area contributed by atoms with Crippen molar-refractivity contribution in [3.8, 4) is 0 Å². The van der Waals surface area contributed by atoms with Crippen LogP contribution >= 0.6 is 11.6 Å². The van der Waals surface area contributed by atoms with Crippen LogP contribution in [0.4, 0.5) is 4.39 Å². The minimum Gasteiger partial charge on any atom is -0.299 e. The minimum atomic E-state index is -0.332. The van der Waals surface area contributed by atoms with Crippen molar-refractivity contribution < 1.29 is 9.18 Å². The van der Waals surface area contributed by atoms with E-state index >= 15 is 0 Å². The summed E-state index contributed by atoms with van der Waals surface area (Å²) in [6.45, 7) is 4.09. The fraction of sp³-hybridized carbons (Fsp3) is 0.350. The summed E-state index contributed by atoms with van der Waals surface area (Å²) in [4.78, 5) is 18.6. The minimum absolute atomic E-state index is 0.0529. The molecule has 0 radical (unpaired) electrons. The lowest BCUT2D eigenvalue weighted by atomic mass is 9.96. The van der Waals surface area contributed by atoms with Crippen LogP contribution < -0.4 is 5.43 Å². The monoisotopic (exact) mass is 388 g/mol. The van der Waals surface area contributed by atoms with Gasteiger partial charge in [0, 0.05) is 35.4 Å². The van der Waals surface area contributed by atoms with E-state index in [1.54, 1.807) is 18.5 Å². The smallest absolute Gasteiger partial charge is 0.243 e. The molecule has 0 saturated carbocycles. The number of piperidine rings is 1. The van der Waals surface area contributed by atoms with Gasteiger partial charge in [0.25, 0.3) is 0 Å². The molecule has 0 unspecified atom stereocenters. The fourth-order valence-corrected chi connectivity index (χ4v) is 3.36. The molecule has 1 fully saturated rings. The predicted molar refractivity (Wildman–Crippen MR) is 104 cm³/mol. The Morgan fingerprint density at radius 2 is 2.00 bits per heavy atom. The summed E-state index contributed by atoms with van der Waals surface area (Å²) in [6, 6.07) is 8.17. The van der Waals surface area contributed by atoms with E-state index in [1.807, 2.05) is 19.1 Å². The van der Waals surface area contributed by atoms with E-state index in [0.29, 0.717) is 11.6 Å². The van der Waals surface area contributed by atoms with Gasteiger partial charge >= 0.3 is 0 Å². The Morgan fingerprint density at radius 1 is 1.30 bits per heavy atom. The zero-order valence-electron chi connectivity index (χ0n) is 15.2. The molecule has 0 aliphatic carbocycles. The first-order valence-corrected chi connectivity index (χ1v) is 9.31. The number of likely N-dealkylation sites (tertiary alicyclic amines) is 1. The largest absolute Gasteiger partial charge is 0.299 e. The molecule has 142 valence electrons. The third-order valence-electron chi connectivity index (χ3n) is 4.80. The van der Waals surface area contributed by atoms with Crippen LogP contribution in [0.15, 0.2) is 47.8 Å². The van der Waals surface area contributed by atoms with Crippen LogP contribution in [-0.2, 0) is 11.3 Å². The third kappa shape index (κ3) is 5.34. The molecule has 1 N–H and O–H groups in total. The van der Waals surface area contributed by atoms with Crippen LogP contribution in [0, 0.1) is 11.7 Å². The summed E-state index contributed by atoms with van der Waals surface area (Å²) in [5, 5.41) is 4.64. The highest BCUT2D eigenvalue weighted by molar-refractivity contribution is 6.31. The van der Waals surface area contributed by atoms with Crippen molar-refractivity contribution in [1.82, 2.24) is 15.3 Å². The van der Waals surface area contributed by atoms with Gasteiger partial charge < -0.3 is 0 Å². The number of hydrogen-bond acceptors (Lipinski definition) is 4. The second-order valence-electron chi connectivity index (χ2n) is 6.70. The molecule has 0 spiro atoms. The Hall–Kier alpha value is -2.31. The molecule has 1 aliphatic rings. The van der Waals surface area contributed by atoms with Crippen molar-refractivity contribution in [3.63, 3.8) is 0 Å². The van der Waals surface area contributed by atoms with Crippen molar-refractivity contribution in [3.05, 3.63) is 64.7 Å². The second kappa shape index (κ2) is 9.06. The van der Waals surface area contributed by atoms with Gasteiger partial charge in [-0.05, 0) is 62.7 Å². The molecule has 1 aliphatic heterocycles. The van der Waals surface area contributed by atoms with E-state index in [9.17, 15) is 9.18 Å². The molecule has 0 bridgehead atoms. The van der Waals surface area contributed by atoms with Crippen molar-refractivity contribution in [2.75, 3.05) is 13.1 Å². The lowest BCUT2D eigenvalue weighted by molar-refractivity contribution is -0.126. The highest BCUT2D eigenvalue weighted by atomic mass is 35.5. The Kier molecular flexibility index (Phi) is 6.53. The van der Waals surface area contributed by atoms with E-state index in [2.05, 4.69) is 20.4 Å². The van der Waals surface area contributed by atoms with Crippen LogP contribution in [0.5, 0.6) is 0 Å². The summed E-state index contributed by atoms with van der Waals surface area (Å²) >= 11 is 6.10. The normalized spacial score (nSPS) is 16.3. The summed E-state index contributed by atoms with van der Waals surface area (Å²) < 4.78 is 13.1. The first-order chi connectivity index (χ1) is 13.0. The molecular formula is C20H22ClFN4O. The van der Waals surface area contributed by atoms with Gasteiger partial charge in [0.15, 0.2) is 0 Å².